The van der Waals surface area contributed by atoms with Gasteiger partial charge < -0.3 is 11.1 Å². The first-order valence-corrected chi connectivity index (χ1v) is 13.1. The fourth-order valence-corrected chi connectivity index (χ4v) is 5.33. The maximum atomic E-state index is 13.6. The number of benzene rings is 1. The van der Waals surface area contributed by atoms with Crippen LogP contribution in [0.15, 0.2) is 59.7 Å². The molecular weight excluding hydrogens is 544 g/mol. The van der Waals surface area contributed by atoms with Crippen LogP contribution in [0.2, 0.25) is 5.02 Å². The third-order valence-electron chi connectivity index (χ3n) is 7.05. The second-order valence-electron chi connectivity index (χ2n) is 9.69. The molecule has 1 aliphatic rings. The summed E-state index contributed by atoms with van der Waals surface area (Å²) in [6.07, 6.45) is 2.45. The minimum Gasteiger partial charge on any atom is -0.351 e. The molecule has 3 amide bonds. The number of amides is 3. The minimum atomic E-state index is -2.89. The fraction of sp³-hybridized carbons (Fsp3) is 0.296. The van der Waals surface area contributed by atoms with Crippen LogP contribution in [0.3, 0.4) is 0 Å². The molecule has 1 fully saturated rings. The number of anilines is 1. The van der Waals surface area contributed by atoms with Crippen molar-refractivity contribution in [2.24, 2.45) is 11.7 Å². The van der Waals surface area contributed by atoms with Crippen molar-refractivity contribution in [3.8, 4) is 5.69 Å². The number of para-hydroxylation sites is 2. The zero-order valence-electron chi connectivity index (χ0n) is 21.2. The van der Waals surface area contributed by atoms with Gasteiger partial charge in [-0.3, -0.25) is 24.2 Å². The molecule has 40 heavy (non-hydrogen) atoms. The number of nitrogens with one attached hydrogen (secondary N) is 2. The highest BCUT2D eigenvalue weighted by Crippen LogP contribution is 2.29. The molecule has 1 aliphatic carbocycles. The third kappa shape index (κ3) is 5.67. The van der Waals surface area contributed by atoms with Gasteiger partial charge in [0.05, 0.1) is 33.5 Å². The Morgan fingerprint density at radius 2 is 1.77 bits per heavy atom. The molecule has 208 valence electrons. The van der Waals surface area contributed by atoms with Crippen molar-refractivity contribution in [2.45, 2.75) is 44.7 Å². The summed E-state index contributed by atoms with van der Waals surface area (Å²) >= 11 is 5.88. The Morgan fingerprint density at radius 1 is 1.05 bits per heavy atom. The Bertz CT molecular complexity index is 1610. The fourth-order valence-electron chi connectivity index (χ4n) is 5.17. The van der Waals surface area contributed by atoms with E-state index in [0.717, 1.165) is 30.1 Å². The second-order valence-corrected chi connectivity index (χ2v) is 10.1. The van der Waals surface area contributed by atoms with Crippen LogP contribution in [-0.4, -0.2) is 37.1 Å². The van der Waals surface area contributed by atoms with Gasteiger partial charge in [-0.25, -0.2) is 23.4 Å². The lowest BCUT2D eigenvalue weighted by Crippen LogP contribution is -2.39. The van der Waals surface area contributed by atoms with E-state index in [1.54, 1.807) is 21.3 Å². The van der Waals surface area contributed by atoms with E-state index in [9.17, 15) is 23.2 Å². The van der Waals surface area contributed by atoms with Gasteiger partial charge in [0.1, 0.15) is 11.5 Å². The Balaban J connectivity index is 1.29. The van der Waals surface area contributed by atoms with E-state index in [4.69, 9.17) is 17.3 Å². The summed E-state index contributed by atoms with van der Waals surface area (Å²) in [5, 5.41) is 5.34. The summed E-state index contributed by atoms with van der Waals surface area (Å²) in [6, 6.07) is 11.0. The third-order valence-corrected chi connectivity index (χ3v) is 7.26. The topological polar surface area (TPSA) is 137 Å². The van der Waals surface area contributed by atoms with Crippen LogP contribution in [-0.2, 0) is 6.54 Å². The van der Waals surface area contributed by atoms with E-state index >= 15 is 0 Å². The van der Waals surface area contributed by atoms with E-state index in [2.05, 4.69) is 20.6 Å². The van der Waals surface area contributed by atoms with Crippen LogP contribution < -0.4 is 22.1 Å². The zero-order chi connectivity index (χ0) is 28.4. The molecule has 5 rings (SSSR count). The molecule has 0 atom stereocenters. The van der Waals surface area contributed by atoms with Crippen molar-refractivity contribution in [1.29, 1.82) is 0 Å². The molecule has 3 heterocycles. The van der Waals surface area contributed by atoms with E-state index in [-0.39, 0.29) is 34.1 Å². The predicted octanol–water partition coefficient (Wildman–Crippen LogP) is 4.65. The van der Waals surface area contributed by atoms with Gasteiger partial charge >= 0.3 is 11.7 Å². The van der Waals surface area contributed by atoms with E-state index in [1.807, 2.05) is 24.3 Å². The van der Waals surface area contributed by atoms with Crippen LogP contribution in [0.25, 0.3) is 16.7 Å². The highest BCUT2D eigenvalue weighted by atomic mass is 35.5. The molecule has 13 heteroatoms. The number of imidazole rings is 1. The molecule has 0 saturated heterocycles. The predicted molar refractivity (Wildman–Crippen MR) is 146 cm³/mol. The highest BCUT2D eigenvalue weighted by Gasteiger charge is 2.27. The van der Waals surface area contributed by atoms with E-state index < -0.39 is 24.1 Å². The van der Waals surface area contributed by atoms with Crippen LogP contribution >= 0.6 is 11.6 Å². The van der Waals surface area contributed by atoms with Gasteiger partial charge in [-0.2, -0.15) is 0 Å². The number of aromatic nitrogens is 4. The van der Waals surface area contributed by atoms with Crippen molar-refractivity contribution < 1.29 is 18.4 Å². The number of halogens is 3. The van der Waals surface area contributed by atoms with Crippen molar-refractivity contribution >= 4 is 40.4 Å². The smallest absolute Gasteiger partial charge is 0.333 e. The number of nitrogens with two attached hydrogens (primary N) is 1. The van der Waals surface area contributed by atoms with Gasteiger partial charge in [0, 0.05) is 18.8 Å². The molecule has 1 aromatic carbocycles. The number of hydrogen-bond donors (Lipinski definition) is 3. The average molecular weight is 570 g/mol. The van der Waals surface area contributed by atoms with Crippen molar-refractivity contribution in [1.82, 2.24) is 24.4 Å². The number of nitrogens with zero attached hydrogens (tertiary/aromatic N) is 4. The lowest BCUT2D eigenvalue weighted by Gasteiger charge is -2.29. The van der Waals surface area contributed by atoms with E-state index in [1.165, 1.54) is 12.3 Å². The van der Waals surface area contributed by atoms with Crippen LogP contribution in [0.1, 0.15) is 48.2 Å². The highest BCUT2D eigenvalue weighted by molar-refractivity contribution is 6.30. The summed E-state index contributed by atoms with van der Waals surface area (Å²) in [5.41, 5.74) is 6.13. The Hall–Kier alpha value is -4.32. The van der Waals surface area contributed by atoms with Gasteiger partial charge in [-0.05, 0) is 61.9 Å². The molecule has 10 nitrogen and oxygen atoms in total. The SMILES string of the molecule is NC(=O)Nc1ccc(-n2c(=O)n(CC3CCC(NC(=O)c4cc(Cl)cnc4C(F)F)CC3)c3ccccc32)cn1. The van der Waals surface area contributed by atoms with Gasteiger partial charge in [-0.15, -0.1) is 0 Å². The number of carbonyl (C=O) groups is 2. The molecule has 1 saturated carbocycles. The van der Waals surface area contributed by atoms with Crippen LogP contribution in [0, 0.1) is 5.92 Å². The molecule has 4 aromatic rings. The molecule has 0 bridgehead atoms. The lowest BCUT2D eigenvalue weighted by molar-refractivity contribution is 0.0904. The number of hydrogen-bond acceptors (Lipinski definition) is 5. The monoisotopic (exact) mass is 569 g/mol. The number of primary amides is 1. The quantitative estimate of drug-likeness (QED) is 0.297. The first-order chi connectivity index (χ1) is 19.2. The molecule has 3 aromatic heterocycles. The maximum absolute atomic E-state index is 13.6. The number of pyridine rings is 2. The number of alkyl halides is 2. The Labute approximate surface area is 232 Å². The summed E-state index contributed by atoms with van der Waals surface area (Å²) in [7, 11) is 0. The normalized spacial score (nSPS) is 17.2. The zero-order valence-corrected chi connectivity index (χ0v) is 21.9. The average Bonchev–Trinajstić information content (AvgIpc) is 3.20. The maximum Gasteiger partial charge on any atom is 0.333 e. The summed E-state index contributed by atoms with van der Waals surface area (Å²) in [5.74, 6) is -0.178. The van der Waals surface area contributed by atoms with Gasteiger partial charge in [0.25, 0.3) is 12.3 Å². The number of urea groups is 1. The van der Waals surface area contributed by atoms with Gasteiger partial charge in [-0.1, -0.05) is 23.7 Å². The molecule has 0 aliphatic heterocycles. The van der Waals surface area contributed by atoms with Gasteiger partial charge in [0.2, 0.25) is 0 Å². The second kappa shape index (κ2) is 11.4. The summed E-state index contributed by atoms with van der Waals surface area (Å²) in [6.45, 7) is 0.482. The number of fused-ring (bicyclic) bond motifs is 1. The minimum absolute atomic E-state index is 0.108. The number of carbonyl (C=O) groups excluding carboxylic acids is 2. The Morgan fingerprint density at radius 3 is 2.42 bits per heavy atom. The molecule has 0 unspecified atom stereocenters. The first-order valence-electron chi connectivity index (χ1n) is 12.7. The van der Waals surface area contributed by atoms with Crippen molar-refractivity contribution in [3.63, 3.8) is 0 Å². The molecule has 4 N–H and O–H groups in total. The summed E-state index contributed by atoms with van der Waals surface area (Å²) in [4.78, 5) is 45.2. The number of rotatable bonds is 7. The molecular formula is C27H26ClF2N7O3. The summed E-state index contributed by atoms with van der Waals surface area (Å²) < 4.78 is 30.0. The van der Waals surface area contributed by atoms with Gasteiger partial charge in [0.15, 0.2) is 0 Å². The van der Waals surface area contributed by atoms with Crippen molar-refractivity contribution in [3.05, 3.63) is 81.6 Å². The molecule has 0 spiro atoms. The van der Waals surface area contributed by atoms with Crippen molar-refractivity contribution in [2.75, 3.05) is 5.32 Å². The Kier molecular flexibility index (Phi) is 7.78. The standard InChI is InChI=1S/C27H26ClF2N7O3/c28-16-11-19(23(24(29)30)33-12-16)25(38)34-17-7-5-15(6-8-17)14-36-20-3-1-2-4-21(20)37(27(36)40)18-9-10-22(32-13-18)35-26(31)39/h1-4,9-13,15,17,24H,5-8,14H2,(H,34,38)(H3,31,32,35,39). The largest absolute Gasteiger partial charge is 0.351 e. The van der Waals surface area contributed by atoms with E-state index in [0.29, 0.717) is 25.1 Å². The van der Waals surface area contributed by atoms with Crippen LogP contribution in [0.5, 0.6) is 0 Å². The lowest BCUT2D eigenvalue weighted by atomic mass is 9.85. The molecule has 0 radical (unpaired) electrons. The first kappa shape index (κ1) is 27.3. The van der Waals surface area contributed by atoms with Crippen LogP contribution in [0.4, 0.5) is 19.4 Å².